The van der Waals surface area contributed by atoms with Gasteiger partial charge in [0.25, 0.3) is 0 Å². The van der Waals surface area contributed by atoms with Crippen molar-refractivity contribution < 1.29 is 19.2 Å². The van der Waals surface area contributed by atoms with Crippen molar-refractivity contribution in [3.8, 4) is 0 Å². The number of hydrogen-bond acceptors (Lipinski definition) is 4. The molecular weight excluding hydrogens is 174 g/mol. The van der Waals surface area contributed by atoms with Crippen LogP contribution >= 0.6 is 0 Å². The van der Waals surface area contributed by atoms with Crippen LogP contribution in [-0.2, 0) is 4.74 Å². The summed E-state index contributed by atoms with van der Waals surface area (Å²) in [5.74, 6) is -0.669. The zero-order chi connectivity index (χ0) is 9.84. The molecule has 1 N–H and O–H groups in total. The monoisotopic (exact) mass is 185 g/mol. The summed E-state index contributed by atoms with van der Waals surface area (Å²) < 4.78 is 9.98. The lowest BCUT2D eigenvalue weighted by molar-refractivity contribution is 0.0553. The summed E-state index contributed by atoms with van der Waals surface area (Å²) in [4.78, 5) is 10.4. The normalized spacial score (nSPS) is 12.8. The number of carboxylic acids is 1. The van der Waals surface area contributed by atoms with Crippen LogP contribution in [0.3, 0.4) is 0 Å². The van der Waals surface area contributed by atoms with Crippen molar-refractivity contribution in [2.45, 2.75) is 20.0 Å². The average Bonchev–Trinajstić information content (AvgIpc) is 2.52. The van der Waals surface area contributed by atoms with Crippen LogP contribution in [0, 0.1) is 0 Å². The molecule has 0 fully saturated rings. The molecule has 0 saturated heterocycles. The minimum absolute atomic E-state index is 0.0958. The van der Waals surface area contributed by atoms with E-state index in [4.69, 9.17) is 14.4 Å². The molecule has 1 atom stereocenters. The number of ether oxygens (including phenoxy) is 1. The number of rotatable bonds is 4. The first-order chi connectivity index (χ1) is 6.15. The van der Waals surface area contributed by atoms with Gasteiger partial charge in [0.15, 0.2) is 11.5 Å². The maximum Gasteiger partial charge on any atom is 0.358 e. The third kappa shape index (κ3) is 2.29. The van der Waals surface area contributed by atoms with Gasteiger partial charge in [-0.25, -0.2) is 4.79 Å². The summed E-state index contributed by atoms with van der Waals surface area (Å²) >= 11 is 0. The van der Waals surface area contributed by atoms with E-state index in [1.165, 1.54) is 6.07 Å². The quantitative estimate of drug-likeness (QED) is 0.768. The highest BCUT2D eigenvalue weighted by Crippen LogP contribution is 2.17. The number of carbonyl (C=O) groups is 1. The van der Waals surface area contributed by atoms with Crippen LogP contribution in [0.2, 0.25) is 0 Å². The lowest BCUT2D eigenvalue weighted by atomic mass is 10.3. The minimum atomic E-state index is -1.10. The second-order valence-electron chi connectivity index (χ2n) is 2.52. The molecule has 0 spiro atoms. The van der Waals surface area contributed by atoms with E-state index in [0.29, 0.717) is 12.4 Å². The molecule has 0 aliphatic rings. The van der Waals surface area contributed by atoms with Crippen LogP contribution in [0.1, 0.15) is 36.2 Å². The maximum absolute atomic E-state index is 10.4. The van der Waals surface area contributed by atoms with Crippen LogP contribution < -0.4 is 0 Å². The van der Waals surface area contributed by atoms with Crippen molar-refractivity contribution in [1.29, 1.82) is 0 Å². The van der Waals surface area contributed by atoms with Crippen molar-refractivity contribution in [1.82, 2.24) is 5.16 Å². The minimum Gasteiger partial charge on any atom is -0.476 e. The summed E-state index contributed by atoms with van der Waals surface area (Å²) in [5.41, 5.74) is -0.0958. The molecule has 0 amide bonds. The van der Waals surface area contributed by atoms with Crippen LogP contribution in [0.15, 0.2) is 10.6 Å². The summed E-state index contributed by atoms with van der Waals surface area (Å²) in [7, 11) is 0. The van der Waals surface area contributed by atoms with Crippen molar-refractivity contribution in [2.75, 3.05) is 6.61 Å². The Labute approximate surface area is 75.3 Å². The largest absolute Gasteiger partial charge is 0.476 e. The van der Waals surface area contributed by atoms with Crippen LogP contribution in [0.25, 0.3) is 0 Å². The number of carboxylic acid groups (broad SMARTS) is 1. The molecule has 1 unspecified atom stereocenters. The summed E-state index contributed by atoms with van der Waals surface area (Å²) in [6.07, 6.45) is -0.259. The SMILES string of the molecule is CCOC(C)c1cc(C(=O)O)no1. The number of aromatic carboxylic acids is 1. The molecule has 0 aliphatic heterocycles. The number of nitrogens with zero attached hydrogens (tertiary/aromatic N) is 1. The Morgan fingerprint density at radius 2 is 2.54 bits per heavy atom. The summed E-state index contributed by atoms with van der Waals surface area (Å²) in [5, 5.41) is 11.9. The molecule has 1 heterocycles. The van der Waals surface area contributed by atoms with E-state index in [9.17, 15) is 4.79 Å². The zero-order valence-electron chi connectivity index (χ0n) is 7.48. The van der Waals surface area contributed by atoms with Crippen LogP contribution in [0.4, 0.5) is 0 Å². The summed E-state index contributed by atoms with van der Waals surface area (Å²) in [6.45, 7) is 4.17. The Bertz CT molecular complexity index is 294. The Morgan fingerprint density at radius 1 is 1.85 bits per heavy atom. The molecule has 0 bridgehead atoms. The number of hydrogen-bond donors (Lipinski definition) is 1. The van der Waals surface area contributed by atoms with Gasteiger partial charge in [-0.1, -0.05) is 5.16 Å². The van der Waals surface area contributed by atoms with E-state index >= 15 is 0 Å². The third-order valence-corrected chi connectivity index (χ3v) is 1.56. The fourth-order valence-corrected chi connectivity index (χ4v) is 0.914. The molecule has 1 aromatic rings. The van der Waals surface area contributed by atoms with Crippen LogP contribution in [0.5, 0.6) is 0 Å². The first-order valence-electron chi connectivity index (χ1n) is 3.96. The Hall–Kier alpha value is -1.36. The highest BCUT2D eigenvalue weighted by molar-refractivity contribution is 5.85. The molecule has 72 valence electrons. The van der Waals surface area contributed by atoms with Crippen molar-refractivity contribution >= 4 is 5.97 Å². The fourth-order valence-electron chi connectivity index (χ4n) is 0.914. The molecule has 5 heteroatoms. The molecular formula is C8H11NO4. The average molecular weight is 185 g/mol. The highest BCUT2D eigenvalue weighted by atomic mass is 16.5. The number of aromatic nitrogens is 1. The maximum atomic E-state index is 10.4. The van der Waals surface area contributed by atoms with Crippen molar-refractivity contribution in [3.63, 3.8) is 0 Å². The first-order valence-corrected chi connectivity index (χ1v) is 3.96. The zero-order valence-corrected chi connectivity index (χ0v) is 7.48. The van der Waals surface area contributed by atoms with Gasteiger partial charge in [-0.3, -0.25) is 0 Å². The molecule has 5 nitrogen and oxygen atoms in total. The smallest absolute Gasteiger partial charge is 0.358 e. The first kappa shape index (κ1) is 9.73. The van der Waals surface area contributed by atoms with Gasteiger partial charge in [0.1, 0.15) is 6.10 Å². The Kier molecular flexibility index (Phi) is 3.02. The van der Waals surface area contributed by atoms with Gasteiger partial charge in [-0.2, -0.15) is 0 Å². The van der Waals surface area contributed by atoms with Gasteiger partial charge in [0.2, 0.25) is 0 Å². The lowest BCUT2D eigenvalue weighted by Gasteiger charge is -2.05. The van der Waals surface area contributed by atoms with Crippen LogP contribution in [-0.4, -0.2) is 22.8 Å². The van der Waals surface area contributed by atoms with E-state index in [0.717, 1.165) is 0 Å². The molecule has 0 aliphatic carbocycles. The topological polar surface area (TPSA) is 72.6 Å². The molecule has 0 saturated carbocycles. The molecule has 0 radical (unpaired) electrons. The second-order valence-corrected chi connectivity index (χ2v) is 2.52. The van der Waals surface area contributed by atoms with Gasteiger partial charge >= 0.3 is 5.97 Å². The molecule has 1 aromatic heterocycles. The van der Waals surface area contributed by atoms with E-state index < -0.39 is 5.97 Å². The van der Waals surface area contributed by atoms with Crippen molar-refractivity contribution in [2.24, 2.45) is 0 Å². The predicted molar refractivity (Wildman–Crippen MR) is 43.5 cm³/mol. The van der Waals surface area contributed by atoms with E-state index in [1.807, 2.05) is 6.92 Å². The van der Waals surface area contributed by atoms with Gasteiger partial charge in [-0.05, 0) is 13.8 Å². The van der Waals surface area contributed by atoms with Gasteiger partial charge < -0.3 is 14.4 Å². The standard InChI is InChI=1S/C8H11NO4/c1-3-12-5(2)7-4-6(8(10)11)9-13-7/h4-5H,3H2,1-2H3,(H,10,11). The third-order valence-electron chi connectivity index (χ3n) is 1.56. The van der Waals surface area contributed by atoms with E-state index in [1.54, 1.807) is 6.92 Å². The Balaban J connectivity index is 2.73. The molecule has 13 heavy (non-hydrogen) atoms. The van der Waals surface area contributed by atoms with Gasteiger partial charge in [0.05, 0.1) is 0 Å². The predicted octanol–water partition coefficient (Wildman–Crippen LogP) is 1.47. The second kappa shape index (κ2) is 4.04. The molecule has 1 rings (SSSR count). The Morgan fingerprint density at radius 3 is 3.00 bits per heavy atom. The fraction of sp³-hybridized carbons (Fsp3) is 0.500. The van der Waals surface area contributed by atoms with Crippen molar-refractivity contribution in [3.05, 3.63) is 17.5 Å². The van der Waals surface area contributed by atoms with Gasteiger partial charge in [-0.15, -0.1) is 0 Å². The van der Waals surface area contributed by atoms with E-state index in [-0.39, 0.29) is 11.8 Å². The lowest BCUT2D eigenvalue weighted by Crippen LogP contribution is -1.98. The van der Waals surface area contributed by atoms with Gasteiger partial charge in [0, 0.05) is 12.7 Å². The van der Waals surface area contributed by atoms with E-state index in [2.05, 4.69) is 5.16 Å². The molecule has 0 aromatic carbocycles. The highest BCUT2D eigenvalue weighted by Gasteiger charge is 2.15. The summed E-state index contributed by atoms with van der Waals surface area (Å²) in [6, 6.07) is 1.36.